The maximum Gasteiger partial charge on any atom is 0.261 e. The lowest BCUT2D eigenvalue weighted by Crippen LogP contribution is -2.38. The first-order valence-corrected chi connectivity index (χ1v) is 10.3. The van der Waals surface area contributed by atoms with Gasteiger partial charge < -0.3 is 15.1 Å². The van der Waals surface area contributed by atoms with Crippen molar-refractivity contribution in [1.82, 2.24) is 15.1 Å². The smallest absolute Gasteiger partial charge is 0.261 e. The van der Waals surface area contributed by atoms with E-state index in [0.29, 0.717) is 13.1 Å². The van der Waals surface area contributed by atoms with E-state index >= 15 is 0 Å². The summed E-state index contributed by atoms with van der Waals surface area (Å²) in [5.41, 5.74) is 3.37. The van der Waals surface area contributed by atoms with Gasteiger partial charge in [0.15, 0.2) is 0 Å². The largest absolute Gasteiger partial charge is 0.347 e. The number of carbonyl (C=O) groups is 2. The third-order valence-corrected chi connectivity index (χ3v) is 6.43. The van der Waals surface area contributed by atoms with Gasteiger partial charge in [0.2, 0.25) is 0 Å². The highest BCUT2D eigenvalue weighted by Crippen LogP contribution is 2.22. The zero-order valence-electron chi connectivity index (χ0n) is 15.8. The van der Waals surface area contributed by atoms with Crippen LogP contribution in [0.5, 0.6) is 0 Å². The molecule has 0 saturated carbocycles. The molecule has 142 valence electrons. The van der Waals surface area contributed by atoms with E-state index in [9.17, 15) is 9.59 Å². The molecule has 1 saturated heterocycles. The fourth-order valence-corrected chi connectivity index (χ4v) is 4.66. The number of benzene rings is 1. The third-order valence-electron chi connectivity index (χ3n) is 5.43. The number of likely N-dealkylation sites (N-methyl/N-ethyl adjacent to an activating group) is 1. The maximum absolute atomic E-state index is 12.9. The van der Waals surface area contributed by atoms with Crippen molar-refractivity contribution >= 4 is 23.2 Å². The van der Waals surface area contributed by atoms with Crippen LogP contribution >= 0.6 is 11.3 Å². The van der Waals surface area contributed by atoms with Gasteiger partial charge in [0.05, 0.1) is 4.88 Å². The van der Waals surface area contributed by atoms with Gasteiger partial charge in [-0.25, -0.2) is 0 Å². The summed E-state index contributed by atoms with van der Waals surface area (Å²) in [6.07, 6.45) is 1.80. The van der Waals surface area contributed by atoms with Crippen LogP contribution < -0.4 is 5.32 Å². The Morgan fingerprint density at radius 2 is 2.00 bits per heavy atom. The standard InChI is InChI=1S/C21H25N3O2S/c1-14-3-6-19(27-14)20(25)22-18-8-10-24(13-18)21(26)16-4-5-17-12-23(2)9-7-15(17)11-16/h3-6,11,18H,7-10,12-13H2,1-2H3,(H,22,25)/t18-/m1/s1. The molecule has 2 aliphatic heterocycles. The lowest BCUT2D eigenvalue weighted by atomic mass is 9.97. The van der Waals surface area contributed by atoms with Gasteiger partial charge in [-0.05, 0) is 62.2 Å². The van der Waals surface area contributed by atoms with E-state index < -0.39 is 0 Å². The highest BCUT2D eigenvalue weighted by Gasteiger charge is 2.29. The fraction of sp³-hybridized carbons (Fsp3) is 0.429. The summed E-state index contributed by atoms with van der Waals surface area (Å²) in [6, 6.07) is 9.93. The summed E-state index contributed by atoms with van der Waals surface area (Å²) < 4.78 is 0. The number of fused-ring (bicyclic) bond motifs is 1. The predicted molar refractivity (Wildman–Crippen MR) is 107 cm³/mol. The van der Waals surface area contributed by atoms with Gasteiger partial charge in [-0.2, -0.15) is 0 Å². The van der Waals surface area contributed by atoms with Gasteiger partial charge in [-0.3, -0.25) is 9.59 Å². The van der Waals surface area contributed by atoms with Crippen molar-refractivity contribution in [2.24, 2.45) is 0 Å². The molecule has 6 heteroatoms. The normalized spacial score (nSPS) is 19.8. The molecule has 0 radical (unpaired) electrons. The highest BCUT2D eigenvalue weighted by atomic mass is 32.1. The van der Waals surface area contributed by atoms with E-state index in [1.54, 1.807) is 0 Å². The first-order valence-electron chi connectivity index (χ1n) is 9.46. The molecule has 2 aliphatic rings. The summed E-state index contributed by atoms with van der Waals surface area (Å²) >= 11 is 1.50. The topological polar surface area (TPSA) is 52.7 Å². The van der Waals surface area contributed by atoms with Crippen LogP contribution in [0.4, 0.5) is 0 Å². The number of hydrogen-bond acceptors (Lipinski definition) is 4. The molecule has 4 rings (SSSR count). The van der Waals surface area contributed by atoms with Crippen LogP contribution in [0.15, 0.2) is 30.3 Å². The quantitative estimate of drug-likeness (QED) is 0.887. The molecule has 2 amide bonds. The van der Waals surface area contributed by atoms with Crippen LogP contribution in [0.25, 0.3) is 0 Å². The minimum atomic E-state index is -0.0368. The van der Waals surface area contributed by atoms with Crippen LogP contribution in [0.2, 0.25) is 0 Å². The molecule has 1 aromatic heterocycles. The van der Waals surface area contributed by atoms with Crippen molar-refractivity contribution in [1.29, 1.82) is 0 Å². The maximum atomic E-state index is 12.9. The van der Waals surface area contributed by atoms with E-state index in [0.717, 1.165) is 41.2 Å². The number of carbonyl (C=O) groups excluding carboxylic acids is 2. The fourth-order valence-electron chi connectivity index (χ4n) is 3.89. The first-order chi connectivity index (χ1) is 13.0. The molecule has 1 atom stereocenters. The Morgan fingerprint density at radius 3 is 2.78 bits per heavy atom. The summed E-state index contributed by atoms with van der Waals surface area (Å²) in [5.74, 6) is 0.0331. The van der Waals surface area contributed by atoms with Crippen molar-refractivity contribution in [2.45, 2.75) is 32.4 Å². The molecule has 3 heterocycles. The molecule has 1 fully saturated rings. The molecule has 0 spiro atoms. The summed E-state index contributed by atoms with van der Waals surface area (Å²) in [5, 5.41) is 3.07. The summed E-state index contributed by atoms with van der Waals surface area (Å²) in [7, 11) is 2.12. The van der Waals surface area contributed by atoms with Crippen molar-refractivity contribution in [3.8, 4) is 0 Å². The van der Waals surface area contributed by atoms with Gasteiger partial charge in [0.25, 0.3) is 11.8 Å². The monoisotopic (exact) mass is 383 g/mol. The number of hydrogen-bond donors (Lipinski definition) is 1. The van der Waals surface area contributed by atoms with E-state index in [2.05, 4.69) is 29.4 Å². The second-order valence-corrected chi connectivity index (χ2v) is 8.88. The van der Waals surface area contributed by atoms with Gasteiger partial charge in [-0.1, -0.05) is 6.07 Å². The summed E-state index contributed by atoms with van der Waals surface area (Å²) in [6.45, 7) is 5.24. The predicted octanol–water partition coefficient (Wildman–Crippen LogP) is 2.69. The third kappa shape index (κ3) is 3.92. The first kappa shape index (κ1) is 18.2. The Labute approximate surface area is 164 Å². The van der Waals surface area contributed by atoms with Crippen LogP contribution in [-0.4, -0.2) is 54.3 Å². The van der Waals surface area contributed by atoms with E-state index in [4.69, 9.17) is 0 Å². The number of likely N-dealkylation sites (tertiary alicyclic amines) is 1. The molecule has 0 bridgehead atoms. The van der Waals surface area contributed by atoms with Crippen LogP contribution in [0.3, 0.4) is 0 Å². The molecule has 0 aliphatic carbocycles. The van der Waals surface area contributed by atoms with Crippen molar-refractivity contribution < 1.29 is 9.59 Å². The van der Waals surface area contributed by atoms with Gasteiger partial charge >= 0.3 is 0 Å². The molecule has 1 N–H and O–H groups in total. The highest BCUT2D eigenvalue weighted by molar-refractivity contribution is 7.13. The molecule has 5 nitrogen and oxygen atoms in total. The lowest BCUT2D eigenvalue weighted by Gasteiger charge is -2.25. The Bertz CT molecular complexity index is 876. The van der Waals surface area contributed by atoms with Crippen LogP contribution in [0, 0.1) is 6.92 Å². The number of nitrogens with zero attached hydrogens (tertiary/aromatic N) is 2. The van der Waals surface area contributed by atoms with E-state index in [1.807, 2.05) is 30.0 Å². The van der Waals surface area contributed by atoms with Crippen molar-refractivity contribution in [2.75, 3.05) is 26.7 Å². The summed E-state index contributed by atoms with van der Waals surface area (Å²) in [4.78, 5) is 31.3. The Hall–Kier alpha value is -2.18. The zero-order chi connectivity index (χ0) is 19.0. The molecule has 27 heavy (non-hydrogen) atoms. The number of aryl methyl sites for hydroxylation is 1. The number of nitrogens with one attached hydrogen (secondary N) is 1. The molecular weight excluding hydrogens is 358 g/mol. The minimum absolute atomic E-state index is 0.0233. The van der Waals surface area contributed by atoms with E-state index in [1.165, 1.54) is 22.5 Å². The molecule has 1 aromatic carbocycles. The van der Waals surface area contributed by atoms with Crippen molar-refractivity contribution in [3.63, 3.8) is 0 Å². The van der Waals surface area contributed by atoms with Gasteiger partial charge in [0.1, 0.15) is 0 Å². The second-order valence-electron chi connectivity index (χ2n) is 7.59. The number of thiophene rings is 1. The van der Waals surface area contributed by atoms with Crippen molar-refractivity contribution in [3.05, 3.63) is 56.8 Å². The Morgan fingerprint density at radius 1 is 1.15 bits per heavy atom. The second kappa shape index (κ2) is 7.44. The SMILES string of the molecule is Cc1ccc(C(=O)N[C@@H]2CCN(C(=O)c3ccc4c(c3)CCN(C)C4)C2)s1. The Kier molecular flexibility index (Phi) is 5.02. The average molecular weight is 384 g/mol. The Balaban J connectivity index is 1.38. The van der Waals surface area contributed by atoms with Crippen LogP contribution in [-0.2, 0) is 13.0 Å². The molecule has 0 unspecified atom stereocenters. The molecule has 2 aromatic rings. The van der Waals surface area contributed by atoms with Gasteiger partial charge in [0, 0.05) is 42.7 Å². The lowest BCUT2D eigenvalue weighted by molar-refractivity contribution is 0.0783. The van der Waals surface area contributed by atoms with Crippen LogP contribution in [0.1, 0.15) is 42.5 Å². The zero-order valence-corrected chi connectivity index (χ0v) is 16.6. The molecular formula is C21H25N3O2S. The average Bonchev–Trinajstić information content (AvgIpc) is 3.30. The number of amides is 2. The van der Waals surface area contributed by atoms with Gasteiger partial charge in [-0.15, -0.1) is 11.3 Å². The number of rotatable bonds is 3. The van der Waals surface area contributed by atoms with E-state index in [-0.39, 0.29) is 17.9 Å². The minimum Gasteiger partial charge on any atom is -0.347 e.